The first kappa shape index (κ1) is 16.0. The Bertz CT molecular complexity index is 672. The molecular weight excluding hydrogens is 288 g/mol. The fourth-order valence-electron chi connectivity index (χ4n) is 2.49. The first-order chi connectivity index (χ1) is 9.85. The first-order valence-electron chi connectivity index (χ1n) is 6.90. The van der Waals surface area contributed by atoms with Crippen LogP contribution in [0.2, 0.25) is 0 Å². The summed E-state index contributed by atoms with van der Waals surface area (Å²) in [6, 6.07) is 1.51. The van der Waals surface area contributed by atoms with Gasteiger partial charge >= 0.3 is 0 Å². The van der Waals surface area contributed by atoms with E-state index in [2.05, 4.69) is 30.7 Å². The molecule has 1 saturated heterocycles. The minimum absolute atomic E-state index is 0.00689. The van der Waals surface area contributed by atoms with Gasteiger partial charge in [0.2, 0.25) is 10.0 Å². The molecule has 0 saturated carbocycles. The van der Waals surface area contributed by atoms with Crippen molar-refractivity contribution in [3.05, 3.63) is 24.0 Å². The van der Waals surface area contributed by atoms with Crippen molar-refractivity contribution >= 4 is 10.0 Å². The van der Waals surface area contributed by atoms with E-state index < -0.39 is 10.0 Å². The van der Waals surface area contributed by atoms with Gasteiger partial charge in [-0.25, -0.2) is 8.42 Å². The van der Waals surface area contributed by atoms with Crippen molar-refractivity contribution in [2.24, 2.45) is 5.41 Å². The second-order valence-corrected chi connectivity index (χ2v) is 7.91. The van der Waals surface area contributed by atoms with E-state index in [0.717, 1.165) is 12.8 Å². The lowest BCUT2D eigenvalue weighted by Gasteiger charge is -2.37. The molecule has 1 aliphatic rings. The van der Waals surface area contributed by atoms with Gasteiger partial charge < -0.3 is 5.11 Å². The second-order valence-electron chi connectivity index (χ2n) is 5.98. The van der Waals surface area contributed by atoms with Crippen LogP contribution in [0.4, 0.5) is 0 Å². The van der Waals surface area contributed by atoms with Gasteiger partial charge in [-0.2, -0.15) is 4.31 Å². The molecule has 0 spiro atoms. The van der Waals surface area contributed by atoms with Crippen LogP contribution < -0.4 is 0 Å². The Balaban J connectivity index is 2.31. The molecule has 0 unspecified atom stereocenters. The molecule has 1 N–H and O–H groups in total. The first-order valence-corrected chi connectivity index (χ1v) is 8.34. The number of aliphatic hydroxyl groups is 1. The molecule has 1 aromatic heterocycles. The minimum Gasteiger partial charge on any atom is -0.384 e. The highest BCUT2D eigenvalue weighted by Crippen LogP contribution is 2.31. The Kier molecular flexibility index (Phi) is 4.67. The second kappa shape index (κ2) is 6.14. The molecule has 2 rings (SSSR count). The van der Waals surface area contributed by atoms with Gasteiger partial charge in [0.25, 0.3) is 0 Å². The zero-order chi connectivity index (χ0) is 15.5. The lowest BCUT2D eigenvalue weighted by molar-refractivity contribution is 0.187. The van der Waals surface area contributed by atoms with E-state index in [1.807, 2.05) is 0 Å². The van der Waals surface area contributed by atoms with Crippen molar-refractivity contribution in [3.8, 4) is 11.8 Å². The number of sulfonamides is 1. The zero-order valence-electron chi connectivity index (χ0n) is 12.3. The number of nitrogens with zero attached hydrogens (tertiary/aromatic N) is 2. The van der Waals surface area contributed by atoms with Gasteiger partial charge in [0, 0.05) is 31.0 Å². The number of pyridine rings is 1. The lowest BCUT2D eigenvalue weighted by Crippen LogP contribution is -2.43. The molecule has 0 atom stereocenters. The van der Waals surface area contributed by atoms with Crippen LogP contribution in [0, 0.1) is 17.3 Å². The molecule has 1 aliphatic heterocycles. The summed E-state index contributed by atoms with van der Waals surface area (Å²) < 4.78 is 26.9. The Hall–Kier alpha value is -1.42. The van der Waals surface area contributed by atoms with Gasteiger partial charge in [0.05, 0.1) is 0 Å². The molecule has 0 bridgehead atoms. The van der Waals surface area contributed by atoms with Gasteiger partial charge in [0.15, 0.2) is 0 Å². The highest BCUT2D eigenvalue weighted by molar-refractivity contribution is 7.89. The fourth-order valence-corrected chi connectivity index (χ4v) is 4.15. The Morgan fingerprint density at radius 3 is 2.86 bits per heavy atom. The Morgan fingerprint density at radius 1 is 1.43 bits per heavy atom. The number of piperidine rings is 1. The number of rotatable bonds is 2. The normalized spacial score (nSPS) is 18.8. The molecule has 114 valence electrons. The third-order valence-corrected chi connectivity index (χ3v) is 5.34. The molecule has 21 heavy (non-hydrogen) atoms. The number of hydrogen-bond donors (Lipinski definition) is 1. The van der Waals surface area contributed by atoms with E-state index in [1.54, 1.807) is 0 Å². The summed E-state index contributed by atoms with van der Waals surface area (Å²) in [5.41, 5.74) is 0.481. The molecule has 6 heteroatoms. The van der Waals surface area contributed by atoms with Gasteiger partial charge in [-0.1, -0.05) is 25.7 Å². The molecule has 0 radical (unpaired) electrons. The van der Waals surface area contributed by atoms with E-state index in [0.29, 0.717) is 18.7 Å². The summed E-state index contributed by atoms with van der Waals surface area (Å²) in [5.74, 6) is 5.17. The number of aromatic nitrogens is 1. The van der Waals surface area contributed by atoms with E-state index in [4.69, 9.17) is 5.11 Å². The van der Waals surface area contributed by atoms with Crippen LogP contribution in [0.3, 0.4) is 0 Å². The molecular formula is C15H20N2O3S. The van der Waals surface area contributed by atoms with Gasteiger partial charge in [0.1, 0.15) is 11.5 Å². The molecule has 5 nitrogen and oxygen atoms in total. The van der Waals surface area contributed by atoms with Crippen LogP contribution in [0.1, 0.15) is 32.3 Å². The smallest absolute Gasteiger partial charge is 0.244 e. The maximum Gasteiger partial charge on any atom is 0.244 e. The van der Waals surface area contributed by atoms with Crippen molar-refractivity contribution in [2.75, 3.05) is 19.7 Å². The maximum absolute atomic E-state index is 12.7. The summed E-state index contributed by atoms with van der Waals surface area (Å²) >= 11 is 0. The summed E-state index contributed by atoms with van der Waals surface area (Å²) in [6.07, 6.45) is 4.73. The number of hydrogen-bond acceptors (Lipinski definition) is 4. The molecule has 1 fully saturated rings. The van der Waals surface area contributed by atoms with Crippen molar-refractivity contribution in [1.29, 1.82) is 0 Å². The average Bonchev–Trinajstić information content (AvgIpc) is 2.44. The van der Waals surface area contributed by atoms with Crippen LogP contribution in [-0.4, -0.2) is 42.5 Å². The van der Waals surface area contributed by atoms with Crippen LogP contribution in [-0.2, 0) is 10.0 Å². The van der Waals surface area contributed by atoms with Gasteiger partial charge in [-0.3, -0.25) is 4.98 Å². The van der Waals surface area contributed by atoms with Crippen molar-refractivity contribution in [1.82, 2.24) is 9.29 Å². The van der Waals surface area contributed by atoms with Crippen LogP contribution in [0.5, 0.6) is 0 Å². The van der Waals surface area contributed by atoms with Crippen molar-refractivity contribution in [3.63, 3.8) is 0 Å². The molecule has 0 amide bonds. The zero-order valence-corrected chi connectivity index (χ0v) is 13.2. The minimum atomic E-state index is -3.54. The Labute approximate surface area is 126 Å². The maximum atomic E-state index is 12.7. The average molecular weight is 308 g/mol. The van der Waals surface area contributed by atoms with E-state index in [9.17, 15) is 8.42 Å². The third-order valence-electron chi connectivity index (χ3n) is 3.53. The fraction of sp³-hybridized carbons (Fsp3) is 0.533. The summed E-state index contributed by atoms with van der Waals surface area (Å²) in [5, 5.41) is 8.70. The van der Waals surface area contributed by atoms with Crippen molar-refractivity contribution in [2.45, 2.75) is 31.6 Å². The highest BCUT2D eigenvalue weighted by atomic mass is 32.2. The largest absolute Gasteiger partial charge is 0.384 e. The SMILES string of the molecule is CC1(C)CCCN(S(=O)(=O)c2cncc(C#CCO)c2)C1. The predicted molar refractivity (Wildman–Crippen MR) is 80.0 cm³/mol. The van der Waals surface area contributed by atoms with Crippen molar-refractivity contribution < 1.29 is 13.5 Å². The third kappa shape index (κ3) is 3.82. The summed E-state index contributed by atoms with van der Waals surface area (Å²) in [7, 11) is -3.54. The summed E-state index contributed by atoms with van der Waals surface area (Å²) in [6.45, 7) is 4.95. The van der Waals surface area contributed by atoms with Gasteiger partial charge in [-0.15, -0.1) is 0 Å². The molecule has 0 aliphatic carbocycles. The number of aliphatic hydroxyl groups excluding tert-OH is 1. The topological polar surface area (TPSA) is 70.5 Å². The van der Waals surface area contributed by atoms with Crippen LogP contribution in [0.15, 0.2) is 23.4 Å². The highest BCUT2D eigenvalue weighted by Gasteiger charge is 2.34. The van der Waals surface area contributed by atoms with E-state index in [1.165, 1.54) is 22.8 Å². The van der Waals surface area contributed by atoms with Crippen LogP contribution >= 0.6 is 0 Å². The van der Waals surface area contributed by atoms with E-state index >= 15 is 0 Å². The molecule has 1 aromatic rings. The molecule has 2 heterocycles. The van der Waals surface area contributed by atoms with Gasteiger partial charge in [-0.05, 0) is 24.3 Å². The predicted octanol–water partition coefficient (Wildman–Crippen LogP) is 1.24. The molecule has 0 aromatic carbocycles. The quantitative estimate of drug-likeness (QED) is 0.834. The monoisotopic (exact) mass is 308 g/mol. The van der Waals surface area contributed by atoms with Crippen LogP contribution in [0.25, 0.3) is 0 Å². The standard InChI is InChI=1S/C15H20N2O3S/c1-15(2)6-4-7-17(12-15)21(19,20)14-9-13(5-3-8-18)10-16-11-14/h9-11,18H,4,6-8,12H2,1-2H3. The lowest BCUT2D eigenvalue weighted by atomic mass is 9.85. The van der Waals surface area contributed by atoms with E-state index in [-0.39, 0.29) is 16.9 Å². The summed E-state index contributed by atoms with van der Waals surface area (Å²) in [4.78, 5) is 4.10. The Morgan fingerprint density at radius 2 is 2.19 bits per heavy atom.